The first kappa shape index (κ1) is 15.6. The molecule has 0 fully saturated rings. The van der Waals surface area contributed by atoms with E-state index in [9.17, 15) is 0 Å². The molecule has 0 saturated heterocycles. The van der Waals surface area contributed by atoms with E-state index < -0.39 is 0 Å². The summed E-state index contributed by atoms with van der Waals surface area (Å²) in [5, 5.41) is 0. The van der Waals surface area contributed by atoms with Crippen LogP contribution in [0.2, 0.25) is 0 Å². The van der Waals surface area contributed by atoms with Crippen LogP contribution in [-0.2, 0) is 0 Å². The summed E-state index contributed by atoms with van der Waals surface area (Å²) in [6, 6.07) is 15.0. The second kappa shape index (κ2) is 5.31. The smallest absolute Gasteiger partial charge is 0.0704 e. The molecule has 1 spiro atoms. The van der Waals surface area contributed by atoms with E-state index in [4.69, 9.17) is 12.6 Å². The summed E-state index contributed by atoms with van der Waals surface area (Å²) in [5.41, 5.74) is 10.0. The highest BCUT2D eigenvalue weighted by atomic mass is 32.1. The summed E-state index contributed by atoms with van der Waals surface area (Å²) in [5.74, 6) is 0. The Kier molecular flexibility index (Phi) is 3.07. The Bertz CT molecular complexity index is 1230. The van der Waals surface area contributed by atoms with E-state index in [1.54, 1.807) is 0 Å². The van der Waals surface area contributed by atoms with Crippen LogP contribution in [-0.4, -0.2) is 0 Å². The lowest BCUT2D eigenvalue weighted by molar-refractivity contribution is 0.741. The van der Waals surface area contributed by atoms with Gasteiger partial charge in [-0.3, -0.25) is 0 Å². The molecule has 0 saturated carbocycles. The molecule has 0 N–H and O–H groups in total. The van der Waals surface area contributed by atoms with Crippen molar-refractivity contribution in [3.8, 4) is 0 Å². The number of thiol groups is 2. The second-order valence-electron chi connectivity index (χ2n) is 7.35. The van der Waals surface area contributed by atoms with Crippen molar-refractivity contribution in [2.45, 2.75) is 4.90 Å². The molecule has 0 amide bonds. The van der Waals surface area contributed by atoms with Crippen molar-refractivity contribution in [2.24, 2.45) is 5.41 Å². The van der Waals surface area contributed by atoms with Crippen LogP contribution in [0.3, 0.4) is 0 Å². The van der Waals surface area contributed by atoms with Crippen molar-refractivity contribution in [1.29, 1.82) is 0 Å². The Labute approximate surface area is 169 Å². The molecule has 27 heavy (non-hydrogen) atoms. The predicted molar refractivity (Wildman–Crippen MR) is 121 cm³/mol. The maximum atomic E-state index is 4.97. The molecule has 4 aliphatic carbocycles. The third-order valence-corrected chi connectivity index (χ3v) is 6.81. The fraction of sp³-hybridized carbons (Fsp3) is 0.0400. The minimum atomic E-state index is -0.327. The average molecular weight is 381 g/mol. The molecule has 6 rings (SSSR count). The molecule has 0 aliphatic heterocycles. The molecule has 128 valence electrons. The van der Waals surface area contributed by atoms with Gasteiger partial charge in [0.05, 0.1) is 5.41 Å². The molecule has 2 heteroatoms. The second-order valence-corrected chi connectivity index (χ2v) is 8.35. The fourth-order valence-corrected chi connectivity index (χ4v) is 5.42. The van der Waals surface area contributed by atoms with Crippen molar-refractivity contribution >= 4 is 48.6 Å². The van der Waals surface area contributed by atoms with Crippen molar-refractivity contribution in [3.05, 3.63) is 111 Å². The Hall–Kier alpha value is -2.42. The molecule has 0 radical (unpaired) electrons. The van der Waals surface area contributed by atoms with Gasteiger partial charge in [-0.25, -0.2) is 0 Å². The molecular formula is C25H16S2. The molecule has 2 aromatic carbocycles. The molecule has 0 nitrogen and oxygen atoms in total. The van der Waals surface area contributed by atoms with E-state index in [1.165, 1.54) is 44.5 Å². The molecule has 4 aliphatic rings. The summed E-state index contributed by atoms with van der Waals surface area (Å²) in [6.07, 6.45) is 15.8. The van der Waals surface area contributed by atoms with Crippen LogP contribution in [0.1, 0.15) is 22.3 Å². The van der Waals surface area contributed by atoms with E-state index in [1.807, 2.05) is 0 Å². The number of allylic oxidation sites excluding steroid dienone is 10. The first-order valence-corrected chi connectivity index (χ1v) is 9.97. The minimum absolute atomic E-state index is 0.327. The van der Waals surface area contributed by atoms with Crippen molar-refractivity contribution in [3.63, 3.8) is 0 Å². The van der Waals surface area contributed by atoms with Gasteiger partial charge in [-0.1, -0.05) is 60.7 Å². The highest BCUT2D eigenvalue weighted by Crippen LogP contribution is 2.62. The SMILES string of the molecule is SC1=CC=C2C(=Cc3cc(S)ccc32)C12C=CC=C1C2=Cc2ccccc21. The molecule has 2 aromatic rings. The third kappa shape index (κ3) is 1.92. The Balaban J connectivity index is 1.62. The van der Waals surface area contributed by atoms with Gasteiger partial charge >= 0.3 is 0 Å². The summed E-state index contributed by atoms with van der Waals surface area (Å²) in [4.78, 5) is 2.06. The van der Waals surface area contributed by atoms with E-state index >= 15 is 0 Å². The van der Waals surface area contributed by atoms with Crippen LogP contribution in [0.5, 0.6) is 0 Å². The Morgan fingerprint density at radius 1 is 0.704 bits per heavy atom. The van der Waals surface area contributed by atoms with Gasteiger partial charge in [-0.15, -0.1) is 25.3 Å². The topological polar surface area (TPSA) is 0 Å². The molecule has 0 bridgehead atoms. The highest BCUT2D eigenvalue weighted by molar-refractivity contribution is 7.84. The monoisotopic (exact) mass is 380 g/mol. The van der Waals surface area contributed by atoms with E-state index in [-0.39, 0.29) is 5.41 Å². The summed E-state index contributed by atoms with van der Waals surface area (Å²) < 4.78 is 0. The zero-order valence-electron chi connectivity index (χ0n) is 14.5. The largest absolute Gasteiger partial charge is 0.146 e. The van der Waals surface area contributed by atoms with Gasteiger partial charge in [0.25, 0.3) is 0 Å². The van der Waals surface area contributed by atoms with Crippen molar-refractivity contribution in [2.75, 3.05) is 0 Å². The van der Waals surface area contributed by atoms with Crippen LogP contribution in [0.25, 0.3) is 23.3 Å². The number of benzene rings is 2. The average Bonchev–Trinajstić information content (AvgIpc) is 3.24. The maximum Gasteiger partial charge on any atom is 0.0704 e. The van der Waals surface area contributed by atoms with Gasteiger partial charge in [0.15, 0.2) is 0 Å². The fourth-order valence-electron chi connectivity index (χ4n) is 4.82. The third-order valence-electron chi connectivity index (χ3n) is 6.03. The van der Waals surface area contributed by atoms with E-state index in [2.05, 4.69) is 97.6 Å². The van der Waals surface area contributed by atoms with Crippen LogP contribution < -0.4 is 0 Å². The predicted octanol–water partition coefficient (Wildman–Crippen LogP) is 6.62. The highest BCUT2D eigenvalue weighted by Gasteiger charge is 2.47. The lowest BCUT2D eigenvalue weighted by Gasteiger charge is -2.39. The van der Waals surface area contributed by atoms with Crippen molar-refractivity contribution in [1.82, 2.24) is 0 Å². The van der Waals surface area contributed by atoms with Gasteiger partial charge in [0.1, 0.15) is 0 Å². The summed E-state index contributed by atoms with van der Waals surface area (Å²) in [6.45, 7) is 0. The van der Waals surface area contributed by atoms with Gasteiger partial charge < -0.3 is 0 Å². The quantitative estimate of drug-likeness (QED) is 0.472. The minimum Gasteiger partial charge on any atom is -0.146 e. The standard InChI is InChI=1S/C25H16S2/c26-17-7-8-19-16(12-17)14-23-21(19)9-10-24(27)25(23)11-3-6-20-18-5-2-1-4-15(18)13-22(20)25/h1-14,26-27H. The van der Waals surface area contributed by atoms with E-state index in [0.717, 1.165) is 9.80 Å². The van der Waals surface area contributed by atoms with Crippen LogP contribution in [0, 0.1) is 5.41 Å². The van der Waals surface area contributed by atoms with Gasteiger partial charge in [0.2, 0.25) is 0 Å². The number of fused-ring (bicyclic) bond motifs is 8. The first-order chi connectivity index (χ1) is 13.2. The summed E-state index contributed by atoms with van der Waals surface area (Å²) in [7, 11) is 0. The number of rotatable bonds is 0. The van der Waals surface area contributed by atoms with Crippen molar-refractivity contribution < 1.29 is 0 Å². The molecule has 0 heterocycles. The zero-order chi connectivity index (χ0) is 18.2. The van der Waals surface area contributed by atoms with Crippen LogP contribution in [0.15, 0.2) is 93.8 Å². The Morgan fingerprint density at radius 2 is 1.44 bits per heavy atom. The lowest BCUT2D eigenvalue weighted by Crippen LogP contribution is -2.27. The Morgan fingerprint density at radius 3 is 2.33 bits per heavy atom. The molecular weight excluding hydrogens is 364 g/mol. The summed E-state index contributed by atoms with van der Waals surface area (Å²) >= 11 is 9.51. The van der Waals surface area contributed by atoms with Gasteiger partial charge in [-0.2, -0.15) is 0 Å². The molecule has 1 atom stereocenters. The van der Waals surface area contributed by atoms with Crippen LogP contribution >= 0.6 is 25.3 Å². The lowest BCUT2D eigenvalue weighted by atomic mass is 9.65. The first-order valence-electron chi connectivity index (χ1n) is 9.07. The normalized spacial score (nSPS) is 23.6. The zero-order valence-corrected chi connectivity index (χ0v) is 16.3. The van der Waals surface area contributed by atoms with E-state index in [0.29, 0.717) is 0 Å². The maximum absolute atomic E-state index is 4.97. The van der Waals surface area contributed by atoms with Crippen LogP contribution in [0.4, 0.5) is 0 Å². The molecule has 1 unspecified atom stereocenters. The molecule has 0 aromatic heterocycles. The van der Waals surface area contributed by atoms with Gasteiger partial charge in [-0.05, 0) is 68.8 Å². The van der Waals surface area contributed by atoms with Gasteiger partial charge in [0, 0.05) is 9.80 Å². The number of hydrogen-bond acceptors (Lipinski definition) is 2. The number of hydrogen-bond donors (Lipinski definition) is 2.